The summed E-state index contributed by atoms with van der Waals surface area (Å²) in [7, 11) is -3.82. The molecule has 7 nitrogen and oxygen atoms in total. The molecule has 0 bridgehead atoms. The van der Waals surface area contributed by atoms with E-state index in [1.54, 1.807) is 30.9 Å². The number of amides is 1. The van der Waals surface area contributed by atoms with Gasteiger partial charge in [0, 0.05) is 17.6 Å². The number of rotatable bonds is 3. The Bertz CT molecular complexity index is 951. The molecule has 0 saturated heterocycles. The smallest absolute Gasteiger partial charge is 0.267 e. The molecule has 2 heterocycles. The number of fused-ring (bicyclic) bond motifs is 1. The van der Waals surface area contributed by atoms with Crippen molar-refractivity contribution in [3.05, 3.63) is 35.2 Å². The van der Waals surface area contributed by atoms with Gasteiger partial charge in [0.25, 0.3) is 10.0 Å². The van der Waals surface area contributed by atoms with Gasteiger partial charge >= 0.3 is 0 Å². The van der Waals surface area contributed by atoms with Gasteiger partial charge in [-0.3, -0.25) is 9.52 Å². The molecule has 1 N–H and O–H groups in total. The fourth-order valence-corrected chi connectivity index (χ4v) is 4.50. The molecule has 0 saturated carbocycles. The first-order chi connectivity index (χ1) is 12.0. The summed E-state index contributed by atoms with van der Waals surface area (Å²) >= 11 is 0. The quantitative estimate of drug-likeness (QED) is 0.887. The molecule has 0 radical (unpaired) electrons. The van der Waals surface area contributed by atoms with Crippen LogP contribution < -0.4 is 9.62 Å². The Balaban J connectivity index is 1.94. The maximum absolute atomic E-state index is 12.7. The Kier molecular flexibility index (Phi) is 4.34. The predicted octanol–water partition coefficient (Wildman–Crippen LogP) is 3.03. The number of hydrogen-bond acceptors (Lipinski definition) is 5. The minimum atomic E-state index is -3.82. The summed E-state index contributed by atoms with van der Waals surface area (Å²) in [6, 6.07) is 5.28. The Morgan fingerprint density at radius 1 is 1.27 bits per heavy atom. The van der Waals surface area contributed by atoms with E-state index in [9.17, 15) is 13.2 Å². The summed E-state index contributed by atoms with van der Waals surface area (Å²) in [5, 5.41) is 3.70. The van der Waals surface area contributed by atoms with E-state index >= 15 is 0 Å². The number of anilines is 2. The number of benzene rings is 1. The molecular formula is C18H23N3O4S. The Morgan fingerprint density at radius 3 is 2.54 bits per heavy atom. The second-order valence-corrected chi connectivity index (χ2v) is 9.18. The van der Waals surface area contributed by atoms with Crippen LogP contribution in [0.5, 0.6) is 0 Å². The van der Waals surface area contributed by atoms with Gasteiger partial charge in [-0.1, -0.05) is 32.0 Å². The lowest BCUT2D eigenvalue weighted by molar-refractivity contribution is -0.125. The fourth-order valence-electron chi connectivity index (χ4n) is 3.12. The lowest BCUT2D eigenvalue weighted by atomic mass is 9.94. The number of nitrogens with one attached hydrogen (secondary N) is 1. The molecular weight excluding hydrogens is 354 g/mol. The molecule has 0 unspecified atom stereocenters. The van der Waals surface area contributed by atoms with Crippen LogP contribution in [0.1, 0.15) is 37.8 Å². The van der Waals surface area contributed by atoms with Crippen LogP contribution >= 0.6 is 0 Å². The van der Waals surface area contributed by atoms with E-state index in [-0.39, 0.29) is 16.6 Å². The lowest BCUT2D eigenvalue weighted by Crippen LogP contribution is -2.38. The van der Waals surface area contributed by atoms with E-state index in [0.29, 0.717) is 17.9 Å². The number of nitrogens with zero attached hydrogens (tertiary/aromatic N) is 2. The van der Waals surface area contributed by atoms with E-state index in [1.165, 1.54) is 0 Å². The van der Waals surface area contributed by atoms with E-state index in [2.05, 4.69) is 9.88 Å². The number of aromatic nitrogens is 1. The van der Waals surface area contributed by atoms with Crippen molar-refractivity contribution in [2.24, 2.45) is 5.41 Å². The second kappa shape index (κ2) is 6.12. The molecule has 26 heavy (non-hydrogen) atoms. The highest BCUT2D eigenvalue weighted by atomic mass is 32.2. The number of aryl methyl sites for hydroxylation is 2. The lowest BCUT2D eigenvalue weighted by Gasteiger charge is -2.26. The zero-order chi connectivity index (χ0) is 19.3. The van der Waals surface area contributed by atoms with Crippen molar-refractivity contribution >= 4 is 27.3 Å². The van der Waals surface area contributed by atoms with Gasteiger partial charge in [-0.25, -0.2) is 8.42 Å². The first-order valence-electron chi connectivity index (χ1n) is 8.41. The Labute approximate surface area is 153 Å². The van der Waals surface area contributed by atoms with Crippen LogP contribution in [0.25, 0.3) is 0 Å². The third-order valence-electron chi connectivity index (χ3n) is 4.36. The van der Waals surface area contributed by atoms with Crippen molar-refractivity contribution < 1.29 is 17.7 Å². The molecule has 1 aromatic heterocycles. The monoisotopic (exact) mass is 377 g/mol. The van der Waals surface area contributed by atoms with Crippen LogP contribution in [-0.2, 0) is 21.2 Å². The molecule has 1 aromatic carbocycles. The summed E-state index contributed by atoms with van der Waals surface area (Å²) in [5.74, 6) is 0.252. The molecule has 0 atom stereocenters. The predicted molar refractivity (Wildman–Crippen MR) is 98.7 cm³/mol. The maximum Gasteiger partial charge on any atom is 0.267 e. The van der Waals surface area contributed by atoms with Gasteiger partial charge in [0.15, 0.2) is 10.7 Å². The summed E-state index contributed by atoms with van der Waals surface area (Å²) in [5.41, 5.74) is 1.98. The molecule has 2 aromatic rings. The topological polar surface area (TPSA) is 92.5 Å². The average Bonchev–Trinajstić information content (AvgIpc) is 3.08. The van der Waals surface area contributed by atoms with Crippen LogP contribution in [0.2, 0.25) is 0 Å². The van der Waals surface area contributed by atoms with Gasteiger partial charge in [0.1, 0.15) is 5.69 Å². The first-order valence-corrected chi connectivity index (χ1v) is 9.89. The summed E-state index contributed by atoms with van der Waals surface area (Å²) < 4.78 is 32.9. The summed E-state index contributed by atoms with van der Waals surface area (Å²) in [6.07, 6.45) is 0.758. The van der Waals surface area contributed by atoms with Crippen molar-refractivity contribution in [2.75, 3.05) is 16.2 Å². The SMILES string of the molecule is Cc1noc(C)c1S(=O)(=O)Nc1ccc2c(c1)N(C(=O)C(C)(C)C)CC2. The van der Waals surface area contributed by atoms with E-state index in [0.717, 1.165) is 17.7 Å². The molecule has 0 spiro atoms. The molecule has 1 aliphatic heterocycles. The van der Waals surface area contributed by atoms with Crippen molar-refractivity contribution in [1.29, 1.82) is 0 Å². The molecule has 0 aliphatic carbocycles. The van der Waals surface area contributed by atoms with Gasteiger partial charge in [-0.15, -0.1) is 0 Å². The Hall–Kier alpha value is -2.35. The highest BCUT2D eigenvalue weighted by Gasteiger charge is 2.33. The average molecular weight is 377 g/mol. The van der Waals surface area contributed by atoms with Crippen molar-refractivity contribution in [3.63, 3.8) is 0 Å². The highest BCUT2D eigenvalue weighted by molar-refractivity contribution is 7.92. The maximum atomic E-state index is 12.7. The van der Waals surface area contributed by atoms with Crippen LogP contribution in [0.3, 0.4) is 0 Å². The third-order valence-corrected chi connectivity index (χ3v) is 5.98. The largest absolute Gasteiger partial charge is 0.360 e. The number of sulfonamides is 1. The van der Waals surface area contributed by atoms with Crippen molar-refractivity contribution in [2.45, 2.75) is 45.9 Å². The standard InChI is InChI=1S/C18H23N3O4S/c1-11-16(12(2)25-19-11)26(23,24)20-14-7-6-13-8-9-21(15(13)10-14)17(22)18(3,4)5/h6-7,10,20H,8-9H2,1-5H3. The van der Waals surface area contributed by atoms with Gasteiger partial charge in [-0.05, 0) is 38.0 Å². The summed E-state index contributed by atoms with van der Waals surface area (Å²) in [4.78, 5) is 14.4. The van der Waals surface area contributed by atoms with Gasteiger partial charge < -0.3 is 9.42 Å². The van der Waals surface area contributed by atoms with E-state index in [1.807, 2.05) is 26.8 Å². The van der Waals surface area contributed by atoms with Crippen LogP contribution in [0.4, 0.5) is 11.4 Å². The van der Waals surface area contributed by atoms with Crippen LogP contribution in [0, 0.1) is 19.3 Å². The van der Waals surface area contributed by atoms with Crippen LogP contribution in [-0.4, -0.2) is 26.0 Å². The van der Waals surface area contributed by atoms with Crippen molar-refractivity contribution in [1.82, 2.24) is 5.16 Å². The zero-order valence-electron chi connectivity index (χ0n) is 15.6. The first kappa shape index (κ1) is 18.4. The Morgan fingerprint density at radius 2 is 1.96 bits per heavy atom. The number of hydrogen-bond donors (Lipinski definition) is 1. The van der Waals surface area contributed by atoms with Gasteiger partial charge in [-0.2, -0.15) is 0 Å². The normalized spacial score (nSPS) is 14.4. The van der Waals surface area contributed by atoms with Gasteiger partial charge in [0.2, 0.25) is 5.91 Å². The molecule has 3 rings (SSSR count). The fraction of sp³-hybridized carbons (Fsp3) is 0.444. The zero-order valence-corrected chi connectivity index (χ0v) is 16.4. The van der Waals surface area contributed by atoms with E-state index < -0.39 is 15.4 Å². The van der Waals surface area contributed by atoms with Gasteiger partial charge in [0.05, 0.1) is 5.69 Å². The minimum absolute atomic E-state index is 0.0157. The van der Waals surface area contributed by atoms with E-state index in [4.69, 9.17) is 4.52 Å². The molecule has 1 aliphatic rings. The van der Waals surface area contributed by atoms with Crippen molar-refractivity contribution in [3.8, 4) is 0 Å². The number of carbonyl (C=O) groups excluding carboxylic acids is 1. The molecule has 0 fully saturated rings. The number of carbonyl (C=O) groups is 1. The minimum Gasteiger partial charge on any atom is -0.360 e. The second-order valence-electron chi connectivity index (χ2n) is 7.56. The third kappa shape index (κ3) is 3.21. The molecule has 8 heteroatoms. The summed E-state index contributed by atoms with van der Waals surface area (Å²) in [6.45, 7) is 9.36. The molecule has 1 amide bonds. The highest BCUT2D eigenvalue weighted by Crippen LogP contribution is 2.34. The molecule has 140 valence electrons. The van der Waals surface area contributed by atoms with Crippen LogP contribution in [0.15, 0.2) is 27.6 Å².